The number of carbonyl (C=O) groups is 2. The topological polar surface area (TPSA) is 118 Å². The third-order valence-electron chi connectivity index (χ3n) is 6.18. The lowest BCUT2D eigenvalue weighted by Gasteiger charge is -2.32. The van der Waals surface area contributed by atoms with E-state index in [9.17, 15) is 19.5 Å². The van der Waals surface area contributed by atoms with Gasteiger partial charge in [0, 0.05) is 30.8 Å². The largest absolute Gasteiger partial charge is 0.492 e. The standard InChI is InChI=1S/C24H33N5O5/c1-5-18-17(8-9-19(30)27-10-11-34-13-15(27)4)22-28(12-14(2)3)23(32)20(24(33)29(22)26-18)21(31)25-16-6-7-16/h8-9,14-16,33H,5-7,10-13H2,1-4H3,(H,25,31)/b9-8+/t15-/m0/s1. The van der Waals surface area contributed by atoms with Crippen LogP contribution in [0.4, 0.5) is 0 Å². The molecule has 3 heterocycles. The minimum atomic E-state index is -0.591. The Morgan fingerprint density at radius 2 is 2.06 bits per heavy atom. The van der Waals surface area contributed by atoms with E-state index in [-0.39, 0.29) is 29.5 Å². The van der Waals surface area contributed by atoms with Gasteiger partial charge in [-0.1, -0.05) is 20.8 Å². The van der Waals surface area contributed by atoms with Gasteiger partial charge in [-0.25, -0.2) is 0 Å². The molecule has 0 radical (unpaired) electrons. The maximum absolute atomic E-state index is 13.4. The Bertz CT molecular complexity index is 1190. The molecule has 1 saturated heterocycles. The fourth-order valence-corrected chi connectivity index (χ4v) is 4.26. The molecule has 2 aromatic rings. The van der Waals surface area contributed by atoms with E-state index in [4.69, 9.17) is 4.74 Å². The molecule has 10 nitrogen and oxygen atoms in total. The number of nitrogens with one attached hydrogen (secondary N) is 1. The molecule has 1 saturated carbocycles. The molecule has 10 heteroatoms. The first kappa shape index (κ1) is 24.0. The molecule has 0 unspecified atom stereocenters. The quantitative estimate of drug-likeness (QED) is 0.592. The number of aromatic nitrogens is 3. The molecule has 34 heavy (non-hydrogen) atoms. The summed E-state index contributed by atoms with van der Waals surface area (Å²) in [7, 11) is 0. The van der Waals surface area contributed by atoms with Gasteiger partial charge in [-0.2, -0.15) is 9.61 Å². The Balaban J connectivity index is 1.84. The van der Waals surface area contributed by atoms with Crippen LogP contribution in [0.2, 0.25) is 0 Å². The number of rotatable bonds is 7. The van der Waals surface area contributed by atoms with Crippen molar-refractivity contribution in [3.05, 3.63) is 33.3 Å². The summed E-state index contributed by atoms with van der Waals surface area (Å²) in [5, 5.41) is 18.3. The van der Waals surface area contributed by atoms with E-state index in [0.717, 1.165) is 12.8 Å². The van der Waals surface area contributed by atoms with Crippen molar-refractivity contribution in [3.63, 3.8) is 0 Å². The first-order valence-electron chi connectivity index (χ1n) is 12.0. The minimum Gasteiger partial charge on any atom is -0.492 e. The molecule has 2 amide bonds. The minimum absolute atomic E-state index is 0.0313. The number of hydrogen-bond acceptors (Lipinski definition) is 6. The fourth-order valence-electron chi connectivity index (χ4n) is 4.26. The zero-order valence-electron chi connectivity index (χ0n) is 20.2. The average molecular weight is 472 g/mol. The highest BCUT2D eigenvalue weighted by molar-refractivity contribution is 5.97. The van der Waals surface area contributed by atoms with Crippen LogP contribution < -0.4 is 10.9 Å². The van der Waals surface area contributed by atoms with E-state index >= 15 is 0 Å². The maximum Gasteiger partial charge on any atom is 0.270 e. The third kappa shape index (κ3) is 4.59. The van der Waals surface area contributed by atoms with Gasteiger partial charge in [-0.15, -0.1) is 0 Å². The van der Waals surface area contributed by atoms with Crippen LogP contribution in [-0.2, 0) is 22.5 Å². The summed E-state index contributed by atoms with van der Waals surface area (Å²) in [5.41, 5.74) is 0.696. The molecular formula is C24H33N5O5. The molecule has 2 aromatic heterocycles. The van der Waals surface area contributed by atoms with Crippen LogP contribution in [0.3, 0.4) is 0 Å². The summed E-state index contributed by atoms with van der Waals surface area (Å²) in [6.07, 6.45) is 5.38. The highest BCUT2D eigenvalue weighted by Gasteiger charge is 2.30. The van der Waals surface area contributed by atoms with Crippen LogP contribution in [0.25, 0.3) is 11.7 Å². The lowest BCUT2D eigenvalue weighted by Crippen LogP contribution is -2.46. The predicted molar refractivity (Wildman–Crippen MR) is 127 cm³/mol. The average Bonchev–Trinajstić information content (AvgIpc) is 3.52. The smallest absolute Gasteiger partial charge is 0.270 e. The van der Waals surface area contributed by atoms with Crippen molar-refractivity contribution in [3.8, 4) is 5.88 Å². The van der Waals surface area contributed by atoms with Crippen molar-refractivity contribution >= 4 is 23.5 Å². The first-order chi connectivity index (χ1) is 16.2. The monoisotopic (exact) mass is 471 g/mol. The molecule has 2 aliphatic rings. The lowest BCUT2D eigenvalue weighted by atomic mass is 10.1. The molecule has 0 aromatic carbocycles. The Morgan fingerprint density at radius 1 is 1.32 bits per heavy atom. The van der Waals surface area contributed by atoms with Crippen LogP contribution in [-0.4, -0.2) is 67.8 Å². The van der Waals surface area contributed by atoms with E-state index in [1.807, 2.05) is 27.7 Å². The first-order valence-corrected chi connectivity index (χ1v) is 12.0. The number of morpholine rings is 1. The van der Waals surface area contributed by atoms with Crippen molar-refractivity contribution in [1.82, 2.24) is 24.4 Å². The van der Waals surface area contributed by atoms with Crippen LogP contribution in [0.1, 0.15) is 62.2 Å². The van der Waals surface area contributed by atoms with Crippen molar-refractivity contribution in [2.45, 2.75) is 65.6 Å². The Labute approximate surface area is 198 Å². The predicted octanol–water partition coefficient (Wildman–Crippen LogP) is 1.57. The van der Waals surface area contributed by atoms with Gasteiger partial charge >= 0.3 is 0 Å². The summed E-state index contributed by atoms with van der Waals surface area (Å²) in [4.78, 5) is 40.9. The normalized spacial score (nSPS) is 18.9. The highest BCUT2D eigenvalue weighted by Crippen LogP contribution is 2.26. The van der Waals surface area contributed by atoms with Crippen molar-refractivity contribution in [2.75, 3.05) is 19.8 Å². The molecule has 2 fully saturated rings. The number of ether oxygens (including phenoxy) is 1. The third-order valence-corrected chi connectivity index (χ3v) is 6.18. The number of aromatic hydroxyl groups is 1. The number of fused-ring (bicyclic) bond motifs is 1. The summed E-state index contributed by atoms with van der Waals surface area (Å²) < 4.78 is 8.16. The Kier molecular flexibility index (Phi) is 6.79. The van der Waals surface area contributed by atoms with Gasteiger partial charge in [-0.05, 0) is 38.2 Å². The van der Waals surface area contributed by atoms with Crippen molar-refractivity contribution in [1.29, 1.82) is 0 Å². The van der Waals surface area contributed by atoms with Gasteiger partial charge in [0.15, 0.2) is 5.56 Å². The number of nitrogens with zero attached hydrogens (tertiary/aromatic N) is 4. The Hall–Kier alpha value is -3.14. The summed E-state index contributed by atoms with van der Waals surface area (Å²) in [6, 6.07) is 0.00705. The lowest BCUT2D eigenvalue weighted by molar-refractivity contribution is -0.133. The zero-order chi connectivity index (χ0) is 24.6. The molecule has 0 spiro atoms. The second-order valence-electron chi connectivity index (χ2n) is 9.49. The highest BCUT2D eigenvalue weighted by atomic mass is 16.5. The molecule has 1 aliphatic carbocycles. The van der Waals surface area contributed by atoms with E-state index in [2.05, 4.69) is 10.4 Å². The molecule has 184 valence electrons. The summed E-state index contributed by atoms with van der Waals surface area (Å²) in [5.74, 6) is -1.13. The van der Waals surface area contributed by atoms with Gasteiger partial charge < -0.3 is 20.1 Å². The van der Waals surface area contributed by atoms with Crippen LogP contribution in [0.15, 0.2) is 10.9 Å². The van der Waals surface area contributed by atoms with E-state index < -0.39 is 17.3 Å². The van der Waals surface area contributed by atoms with Gasteiger partial charge in [-0.3, -0.25) is 19.0 Å². The molecular weight excluding hydrogens is 438 g/mol. The fraction of sp³-hybridized carbons (Fsp3) is 0.583. The van der Waals surface area contributed by atoms with E-state index in [0.29, 0.717) is 49.6 Å². The molecule has 0 bridgehead atoms. The number of aryl methyl sites for hydroxylation is 1. The van der Waals surface area contributed by atoms with Gasteiger partial charge in [0.25, 0.3) is 11.5 Å². The van der Waals surface area contributed by atoms with Gasteiger partial charge in [0.1, 0.15) is 5.65 Å². The Morgan fingerprint density at radius 3 is 2.68 bits per heavy atom. The second-order valence-corrected chi connectivity index (χ2v) is 9.49. The molecule has 1 aliphatic heterocycles. The molecule has 4 rings (SSSR count). The SMILES string of the molecule is CCc1nn2c(O)c(C(=O)NC3CC3)c(=O)n(CC(C)C)c2c1/C=C/C(=O)N1CCOC[C@@H]1C. The van der Waals surface area contributed by atoms with E-state index in [1.54, 1.807) is 11.0 Å². The number of amides is 2. The van der Waals surface area contributed by atoms with Gasteiger partial charge in [0.2, 0.25) is 11.8 Å². The molecule has 2 N–H and O–H groups in total. The van der Waals surface area contributed by atoms with Gasteiger partial charge in [0.05, 0.1) is 24.9 Å². The van der Waals surface area contributed by atoms with Crippen LogP contribution in [0, 0.1) is 5.92 Å². The molecule has 1 atom stereocenters. The van der Waals surface area contributed by atoms with Crippen LogP contribution >= 0.6 is 0 Å². The second kappa shape index (κ2) is 9.61. The van der Waals surface area contributed by atoms with Crippen LogP contribution in [0.5, 0.6) is 5.88 Å². The van der Waals surface area contributed by atoms with E-state index in [1.165, 1.54) is 15.2 Å². The zero-order valence-corrected chi connectivity index (χ0v) is 20.2. The summed E-state index contributed by atoms with van der Waals surface area (Å²) >= 11 is 0. The van der Waals surface area contributed by atoms with Crippen molar-refractivity contribution in [2.24, 2.45) is 5.92 Å². The number of carbonyl (C=O) groups excluding carboxylic acids is 2. The van der Waals surface area contributed by atoms with Crippen molar-refractivity contribution < 1.29 is 19.4 Å². The number of hydrogen-bond donors (Lipinski definition) is 2. The maximum atomic E-state index is 13.4. The summed E-state index contributed by atoms with van der Waals surface area (Å²) in [6.45, 7) is 9.61.